The van der Waals surface area contributed by atoms with Crippen molar-refractivity contribution in [2.45, 2.75) is 32.6 Å². The highest BCUT2D eigenvalue weighted by Crippen LogP contribution is 2.25. The predicted molar refractivity (Wildman–Crippen MR) is 81.0 cm³/mol. The maximum Gasteiger partial charge on any atom is 0.224 e. The Morgan fingerprint density at radius 2 is 1.86 bits per heavy atom. The van der Waals surface area contributed by atoms with Crippen LogP contribution in [0, 0.1) is 11.3 Å². The van der Waals surface area contributed by atoms with Gasteiger partial charge in [0.15, 0.2) is 0 Å². The first-order chi connectivity index (χ1) is 9.88. The van der Waals surface area contributed by atoms with Crippen LogP contribution < -0.4 is 10.5 Å². The third-order valence-electron chi connectivity index (χ3n) is 2.82. The van der Waals surface area contributed by atoms with Crippen LogP contribution in [0.4, 0.5) is 5.82 Å². The molecule has 0 aliphatic carbocycles. The summed E-state index contributed by atoms with van der Waals surface area (Å²) in [4.78, 5) is 8.63. The van der Waals surface area contributed by atoms with Gasteiger partial charge in [-0.25, -0.2) is 4.98 Å². The summed E-state index contributed by atoms with van der Waals surface area (Å²) in [5.41, 5.74) is 6.55. The molecule has 2 N–H and O–H groups in total. The Morgan fingerprint density at radius 3 is 2.43 bits per heavy atom. The summed E-state index contributed by atoms with van der Waals surface area (Å²) < 4.78 is 5.71. The molecule has 0 saturated heterocycles. The first kappa shape index (κ1) is 14.8. The molecule has 5 heteroatoms. The minimum atomic E-state index is -0.204. The molecule has 0 amide bonds. The highest BCUT2D eigenvalue weighted by molar-refractivity contribution is 5.37. The number of rotatable bonds is 3. The molecule has 108 valence electrons. The second-order valence-electron chi connectivity index (χ2n) is 5.79. The van der Waals surface area contributed by atoms with Crippen LogP contribution in [-0.2, 0) is 11.8 Å². The van der Waals surface area contributed by atoms with Crippen molar-refractivity contribution in [1.29, 1.82) is 5.26 Å². The molecule has 2 aromatic rings. The lowest BCUT2D eigenvalue weighted by Crippen LogP contribution is -2.17. The summed E-state index contributed by atoms with van der Waals surface area (Å²) in [6.07, 6.45) is 0.384. The molecule has 0 spiro atoms. The van der Waals surface area contributed by atoms with E-state index in [0.717, 1.165) is 5.56 Å². The third-order valence-corrected chi connectivity index (χ3v) is 2.82. The van der Waals surface area contributed by atoms with Crippen molar-refractivity contribution < 1.29 is 4.74 Å². The van der Waals surface area contributed by atoms with Crippen LogP contribution in [-0.4, -0.2) is 9.97 Å². The van der Waals surface area contributed by atoms with E-state index in [2.05, 4.69) is 16.0 Å². The fraction of sp³-hybridized carbons (Fsp3) is 0.312. The van der Waals surface area contributed by atoms with E-state index in [1.165, 1.54) is 0 Å². The normalized spacial score (nSPS) is 11.0. The zero-order chi connectivity index (χ0) is 15.5. The Morgan fingerprint density at radius 1 is 1.19 bits per heavy atom. The van der Waals surface area contributed by atoms with Gasteiger partial charge in [-0.2, -0.15) is 10.2 Å². The lowest BCUT2D eigenvalue weighted by atomic mass is 9.96. The van der Waals surface area contributed by atoms with Crippen LogP contribution >= 0.6 is 0 Å². The highest BCUT2D eigenvalue weighted by Gasteiger charge is 2.19. The molecule has 0 unspecified atom stereocenters. The van der Waals surface area contributed by atoms with Crippen LogP contribution in [0.15, 0.2) is 30.3 Å². The Labute approximate surface area is 124 Å². The van der Waals surface area contributed by atoms with Gasteiger partial charge in [-0.3, -0.25) is 0 Å². The molecule has 21 heavy (non-hydrogen) atoms. The molecule has 0 bridgehead atoms. The van der Waals surface area contributed by atoms with Crippen LogP contribution in [0.2, 0.25) is 0 Å². The van der Waals surface area contributed by atoms with Crippen molar-refractivity contribution in [1.82, 2.24) is 9.97 Å². The number of benzene rings is 1. The van der Waals surface area contributed by atoms with Gasteiger partial charge in [0.05, 0.1) is 12.5 Å². The minimum absolute atomic E-state index is 0.204. The van der Waals surface area contributed by atoms with E-state index in [1.807, 2.05) is 45.0 Å². The average Bonchev–Trinajstić information content (AvgIpc) is 2.40. The molecule has 0 fully saturated rings. The first-order valence-electron chi connectivity index (χ1n) is 6.67. The van der Waals surface area contributed by atoms with E-state index >= 15 is 0 Å². The number of nitrogens with two attached hydrogens (primary N) is 1. The SMILES string of the molecule is CC(C)(C)c1nc(N)cc(Oc2ccc(CC#N)cc2)n1. The molecule has 0 aliphatic rings. The summed E-state index contributed by atoms with van der Waals surface area (Å²) in [7, 11) is 0. The topological polar surface area (TPSA) is 84.8 Å². The number of nitriles is 1. The van der Waals surface area contributed by atoms with Crippen molar-refractivity contribution in [2.24, 2.45) is 0 Å². The van der Waals surface area contributed by atoms with E-state index in [9.17, 15) is 0 Å². The Bertz CT molecular complexity index is 666. The Kier molecular flexibility index (Phi) is 4.08. The zero-order valence-electron chi connectivity index (χ0n) is 12.4. The van der Waals surface area contributed by atoms with Crippen molar-refractivity contribution in [3.8, 4) is 17.7 Å². The summed E-state index contributed by atoms with van der Waals surface area (Å²) in [5.74, 6) is 2.08. The summed E-state index contributed by atoms with van der Waals surface area (Å²) in [6.45, 7) is 6.05. The molecule has 1 aromatic heterocycles. The van der Waals surface area contributed by atoms with Gasteiger partial charge in [-0.1, -0.05) is 32.9 Å². The molecule has 1 heterocycles. The molecule has 0 saturated carbocycles. The van der Waals surface area contributed by atoms with Crippen molar-refractivity contribution in [3.05, 3.63) is 41.7 Å². The predicted octanol–water partition coefficient (Wildman–Crippen LogP) is 3.21. The second kappa shape index (κ2) is 5.80. The van der Waals surface area contributed by atoms with Crippen LogP contribution in [0.25, 0.3) is 0 Å². The van der Waals surface area contributed by atoms with Crippen molar-refractivity contribution in [2.75, 3.05) is 5.73 Å². The third kappa shape index (κ3) is 3.93. The molecule has 0 aliphatic heterocycles. The van der Waals surface area contributed by atoms with Gasteiger partial charge in [0.25, 0.3) is 0 Å². The number of nitrogens with zero attached hydrogens (tertiary/aromatic N) is 3. The van der Waals surface area contributed by atoms with Gasteiger partial charge in [0.1, 0.15) is 17.4 Å². The van der Waals surface area contributed by atoms with Crippen molar-refractivity contribution in [3.63, 3.8) is 0 Å². The number of anilines is 1. The maximum absolute atomic E-state index is 8.65. The smallest absolute Gasteiger partial charge is 0.224 e. The summed E-state index contributed by atoms with van der Waals surface area (Å²) in [5, 5.41) is 8.65. The number of aromatic nitrogens is 2. The van der Waals surface area contributed by atoms with E-state index < -0.39 is 0 Å². The molecule has 2 rings (SSSR count). The number of nitrogen functional groups attached to an aromatic ring is 1. The second-order valence-corrected chi connectivity index (χ2v) is 5.79. The zero-order valence-corrected chi connectivity index (χ0v) is 12.4. The molecule has 0 radical (unpaired) electrons. The average molecular weight is 282 g/mol. The highest BCUT2D eigenvalue weighted by atomic mass is 16.5. The molecule has 0 atom stereocenters. The minimum Gasteiger partial charge on any atom is -0.439 e. The molecule has 1 aromatic carbocycles. The quantitative estimate of drug-likeness (QED) is 0.934. The summed E-state index contributed by atoms with van der Waals surface area (Å²) >= 11 is 0. The van der Waals surface area contributed by atoms with Crippen LogP contribution in [0.1, 0.15) is 32.2 Å². The first-order valence-corrected chi connectivity index (χ1v) is 6.67. The standard InChI is InChI=1S/C16H18N4O/c1-16(2,3)15-19-13(18)10-14(20-15)21-12-6-4-11(5-7-12)8-9-17/h4-7,10H,8H2,1-3H3,(H2,18,19,20). The van der Waals surface area contributed by atoms with Gasteiger partial charge < -0.3 is 10.5 Å². The molecule has 5 nitrogen and oxygen atoms in total. The Balaban J connectivity index is 2.23. The number of hydrogen-bond donors (Lipinski definition) is 1. The monoisotopic (exact) mass is 282 g/mol. The van der Waals surface area contributed by atoms with Gasteiger partial charge in [0.2, 0.25) is 5.88 Å². The van der Waals surface area contributed by atoms with Gasteiger partial charge >= 0.3 is 0 Å². The van der Waals surface area contributed by atoms with Gasteiger partial charge in [-0.05, 0) is 17.7 Å². The fourth-order valence-electron chi connectivity index (χ4n) is 1.72. The lowest BCUT2D eigenvalue weighted by Gasteiger charge is -2.17. The number of hydrogen-bond acceptors (Lipinski definition) is 5. The van der Waals surface area contributed by atoms with Gasteiger partial charge in [0, 0.05) is 11.5 Å². The lowest BCUT2D eigenvalue weighted by molar-refractivity contribution is 0.446. The molecular weight excluding hydrogens is 264 g/mol. The van der Waals surface area contributed by atoms with Crippen LogP contribution in [0.5, 0.6) is 11.6 Å². The summed E-state index contributed by atoms with van der Waals surface area (Å²) in [6, 6.07) is 11.0. The van der Waals surface area contributed by atoms with Crippen LogP contribution in [0.3, 0.4) is 0 Å². The van der Waals surface area contributed by atoms with E-state index in [-0.39, 0.29) is 5.41 Å². The molecular formula is C16H18N4O. The largest absolute Gasteiger partial charge is 0.439 e. The fourth-order valence-corrected chi connectivity index (χ4v) is 1.72. The van der Waals surface area contributed by atoms with E-state index in [1.54, 1.807) is 6.07 Å². The maximum atomic E-state index is 8.65. The van der Waals surface area contributed by atoms with Gasteiger partial charge in [-0.15, -0.1) is 0 Å². The van der Waals surface area contributed by atoms with E-state index in [0.29, 0.717) is 29.7 Å². The Hall–Kier alpha value is -2.61. The van der Waals surface area contributed by atoms with Crippen molar-refractivity contribution >= 4 is 5.82 Å². The van der Waals surface area contributed by atoms with E-state index in [4.69, 9.17) is 15.7 Å². The number of ether oxygens (including phenoxy) is 1.